The van der Waals surface area contributed by atoms with Gasteiger partial charge in [-0.2, -0.15) is 4.98 Å². The minimum atomic E-state index is -0.118. The van der Waals surface area contributed by atoms with Crippen molar-refractivity contribution < 1.29 is 4.79 Å². The van der Waals surface area contributed by atoms with E-state index < -0.39 is 0 Å². The van der Waals surface area contributed by atoms with Crippen molar-refractivity contribution in [1.82, 2.24) is 30.2 Å². The van der Waals surface area contributed by atoms with E-state index in [0.29, 0.717) is 18.2 Å². The number of halogens is 1. The van der Waals surface area contributed by atoms with Crippen molar-refractivity contribution in [1.29, 1.82) is 0 Å². The molecule has 3 N–H and O–H groups in total. The molecule has 3 rings (SSSR count). The fourth-order valence-electron chi connectivity index (χ4n) is 2.24. The molecule has 1 atom stereocenters. The van der Waals surface area contributed by atoms with E-state index in [2.05, 4.69) is 30.9 Å². The summed E-state index contributed by atoms with van der Waals surface area (Å²) in [6, 6.07) is 1.64. The number of hydrogen-bond donors (Lipinski definition) is 3. The Morgan fingerprint density at radius 1 is 1.45 bits per heavy atom. The van der Waals surface area contributed by atoms with Crippen LogP contribution in [0.4, 0.5) is 5.82 Å². The number of piperazine rings is 1. The highest BCUT2D eigenvalue weighted by molar-refractivity contribution is 6.29. The lowest BCUT2D eigenvalue weighted by Crippen LogP contribution is -2.49. The predicted octanol–water partition coefficient (Wildman–Crippen LogP) is 0.206. The van der Waals surface area contributed by atoms with Crippen molar-refractivity contribution in [3.63, 3.8) is 0 Å². The van der Waals surface area contributed by atoms with Crippen molar-refractivity contribution >= 4 is 23.3 Å². The van der Waals surface area contributed by atoms with Crippen LogP contribution in [0.25, 0.3) is 5.95 Å². The molecule has 1 fully saturated rings. The second kappa shape index (κ2) is 6.82. The Kier molecular flexibility index (Phi) is 4.62. The van der Waals surface area contributed by atoms with E-state index in [-0.39, 0.29) is 17.1 Å². The van der Waals surface area contributed by atoms with Crippen LogP contribution in [-0.4, -0.2) is 51.1 Å². The zero-order valence-corrected chi connectivity index (χ0v) is 12.5. The zero-order chi connectivity index (χ0) is 15.4. The normalized spacial score (nSPS) is 18.1. The van der Waals surface area contributed by atoms with Crippen LogP contribution in [-0.2, 0) is 4.79 Å². The highest BCUT2D eigenvalue weighted by atomic mass is 35.5. The van der Waals surface area contributed by atoms with E-state index in [0.717, 1.165) is 19.6 Å². The maximum absolute atomic E-state index is 12.1. The second-order valence-electron chi connectivity index (χ2n) is 4.95. The maximum atomic E-state index is 12.1. The summed E-state index contributed by atoms with van der Waals surface area (Å²) in [6.07, 6.45) is 5.25. The number of imidazole rings is 1. The van der Waals surface area contributed by atoms with E-state index in [9.17, 15) is 4.79 Å². The second-order valence-corrected chi connectivity index (χ2v) is 5.34. The Balaban J connectivity index is 1.67. The van der Waals surface area contributed by atoms with Crippen LogP contribution in [0.3, 0.4) is 0 Å². The lowest BCUT2D eigenvalue weighted by molar-refractivity contribution is -0.116. The van der Waals surface area contributed by atoms with Crippen molar-refractivity contribution in [3.05, 3.63) is 29.9 Å². The smallest absolute Gasteiger partial charge is 0.238 e. The number of anilines is 1. The summed E-state index contributed by atoms with van der Waals surface area (Å²) in [5.41, 5.74) is 0. The minimum absolute atomic E-state index is 0.118. The summed E-state index contributed by atoms with van der Waals surface area (Å²) in [6.45, 7) is 2.56. The summed E-state index contributed by atoms with van der Waals surface area (Å²) in [5, 5.41) is 9.54. The molecule has 0 bridgehead atoms. The van der Waals surface area contributed by atoms with Gasteiger partial charge < -0.3 is 16.0 Å². The maximum Gasteiger partial charge on any atom is 0.238 e. The van der Waals surface area contributed by atoms with Gasteiger partial charge in [0.2, 0.25) is 11.9 Å². The van der Waals surface area contributed by atoms with Gasteiger partial charge >= 0.3 is 0 Å². The standard InChI is InChI=1S/C13H16ClN7O/c14-10-6-11(20-13(18-10)21-4-3-16-8-21)19-12(22)5-9-7-15-1-2-17-9/h3-4,6,8-9,15,17H,1-2,5,7H2,(H,18,19,20,22)/t9-/m0/s1. The number of nitrogens with one attached hydrogen (secondary N) is 3. The van der Waals surface area contributed by atoms with Crippen LogP contribution in [0.1, 0.15) is 6.42 Å². The molecule has 8 nitrogen and oxygen atoms in total. The van der Waals surface area contributed by atoms with Gasteiger partial charge in [-0.1, -0.05) is 11.6 Å². The first-order valence-electron chi connectivity index (χ1n) is 6.97. The SMILES string of the molecule is O=C(C[C@H]1CNCCN1)Nc1cc(Cl)nc(-n2ccnc2)n1. The number of rotatable bonds is 4. The molecule has 0 aliphatic carbocycles. The van der Waals surface area contributed by atoms with Gasteiger partial charge in [0.25, 0.3) is 0 Å². The third-order valence-electron chi connectivity index (χ3n) is 3.24. The zero-order valence-electron chi connectivity index (χ0n) is 11.8. The van der Waals surface area contributed by atoms with Crippen LogP contribution in [0.15, 0.2) is 24.8 Å². The van der Waals surface area contributed by atoms with E-state index in [4.69, 9.17) is 11.6 Å². The van der Waals surface area contributed by atoms with Gasteiger partial charge in [-0.25, -0.2) is 9.97 Å². The number of hydrogen-bond acceptors (Lipinski definition) is 6. The van der Waals surface area contributed by atoms with Crippen LogP contribution in [0, 0.1) is 0 Å². The monoisotopic (exact) mass is 321 g/mol. The molecule has 3 heterocycles. The Morgan fingerprint density at radius 2 is 2.36 bits per heavy atom. The summed E-state index contributed by atoms with van der Waals surface area (Å²) in [7, 11) is 0. The fraction of sp³-hybridized carbons (Fsp3) is 0.385. The van der Waals surface area contributed by atoms with E-state index >= 15 is 0 Å². The number of carbonyl (C=O) groups is 1. The van der Waals surface area contributed by atoms with E-state index in [1.807, 2.05) is 0 Å². The van der Waals surface area contributed by atoms with Gasteiger partial charge in [-0.05, 0) is 0 Å². The molecule has 2 aromatic rings. The van der Waals surface area contributed by atoms with Crippen LogP contribution >= 0.6 is 11.6 Å². The largest absolute Gasteiger partial charge is 0.314 e. The van der Waals surface area contributed by atoms with Crippen LogP contribution in [0.2, 0.25) is 5.15 Å². The van der Waals surface area contributed by atoms with Crippen molar-refractivity contribution in [3.8, 4) is 5.95 Å². The summed E-state index contributed by atoms with van der Waals surface area (Å²) < 4.78 is 1.62. The van der Waals surface area contributed by atoms with Crippen LogP contribution in [0.5, 0.6) is 0 Å². The molecular formula is C13H16ClN7O. The molecule has 1 saturated heterocycles. The van der Waals surface area contributed by atoms with E-state index in [1.165, 1.54) is 6.07 Å². The Hall–Kier alpha value is -2.03. The van der Waals surface area contributed by atoms with Crippen molar-refractivity contribution in [2.75, 3.05) is 25.0 Å². The average molecular weight is 322 g/mol. The molecular weight excluding hydrogens is 306 g/mol. The molecule has 0 spiro atoms. The van der Waals surface area contributed by atoms with Gasteiger partial charge in [0.05, 0.1) is 0 Å². The third kappa shape index (κ3) is 3.79. The third-order valence-corrected chi connectivity index (χ3v) is 3.44. The topological polar surface area (TPSA) is 96.8 Å². The number of amides is 1. The molecule has 2 aromatic heterocycles. The van der Waals surface area contributed by atoms with Crippen molar-refractivity contribution in [2.45, 2.75) is 12.5 Å². The highest BCUT2D eigenvalue weighted by Gasteiger charge is 2.17. The van der Waals surface area contributed by atoms with Gasteiger partial charge in [0.15, 0.2) is 0 Å². The highest BCUT2D eigenvalue weighted by Crippen LogP contribution is 2.14. The van der Waals surface area contributed by atoms with Crippen LogP contribution < -0.4 is 16.0 Å². The van der Waals surface area contributed by atoms with Gasteiger partial charge in [0.1, 0.15) is 17.3 Å². The quantitative estimate of drug-likeness (QED) is 0.696. The fourth-order valence-corrected chi connectivity index (χ4v) is 2.42. The minimum Gasteiger partial charge on any atom is -0.314 e. The predicted molar refractivity (Wildman–Crippen MR) is 82.1 cm³/mol. The molecule has 9 heteroatoms. The molecule has 0 radical (unpaired) electrons. The Bertz CT molecular complexity index is 640. The lowest BCUT2D eigenvalue weighted by Gasteiger charge is -2.23. The Morgan fingerprint density at radius 3 is 3.09 bits per heavy atom. The summed E-state index contributed by atoms with van der Waals surface area (Å²) in [4.78, 5) is 24.4. The molecule has 1 amide bonds. The summed E-state index contributed by atoms with van der Waals surface area (Å²) in [5.74, 6) is 0.614. The molecule has 0 unspecified atom stereocenters. The molecule has 1 aliphatic rings. The number of nitrogens with zero attached hydrogens (tertiary/aromatic N) is 4. The first-order valence-corrected chi connectivity index (χ1v) is 7.35. The lowest BCUT2D eigenvalue weighted by atomic mass is 10.1. The number of aromatic nitrogens is 4. The molecule has 1 aliphatic heterocycles. The summed E-state index contributed by atoms with van der Waals surface area (Å²) >= 11 is 5.98. The molecule has 0 aromatic carbocycles. The van der Waals surface area contributed by atoms with Gasteiger partial charge in [-0.15, -0.1) is 0 Å². The number of carbonyl (C=O) groups excluding carboxylic acids is 1. The Labute approximate surface area is 132 Å². The first-order chi connectivity index (χ1) is 10.7. The average Bonchev–Trinajstić information content (AvgIpc) is 3.01. The van der Waals surface area contributed by atoms with Gasteiger partial charge in [0, 0.05) is 50.6 Å². The van der Waals surface area contributed by atoms with Crippen molar-refractivity contribution in [2.24, 2.45) is 0 Å². The van der Waals surface area contributed by atoms with Gasteiger partial charge in [-0.3, -0.25) is 9.36 Å². The molecule has 22 heavy (non-hydrogen) atoms. The first kappa shape index (κ1) is 14.9. The molecule has 116 valence electrons. The van der Waals surface area contributed by atoms with E-state index in [1.54, 1.807) is 23.3 Å². The molecule has 0 saturated carbocycles.